The lowest BCUT2D eigenvalue weighted by molar-refractivity contribution is 0.482. The molecule has 0 fully saturated rings. The predicted molar refractivity (Wildman–Crippen MR) is 102 cm³/mol. The highest BCUT2D eigenvalue weighted by Crippen LogP contribution is 2.42. The number of fused-ring (bicyclic) bond motifs is 1. The number of benzene rings is 1. The van der Waals surface area contributed by atoms with E-state index in [1.165, 1.54) is 18.4 Å². The maximum Gasteiger partial charge on any atom is 0.239 e. The van der Waals surface area contributed by atoms with E-state index >= 15 is 0 Å². The van der Waals surface area contributed by atoms with E-state index in [0.29, 0.717) is 9.90 Å². The molecule has 0 unspecified atom stereocenters. The van der Waals surface area contributed by atoms with Gasteiger partial charge in [-0.2, -0.15) is 0 Å². The number of halogens is 1. The summed E-state index contributed by atoms with van der Waals surface area (Å²) in [4.78, 5) is 5.02. The number of sulfonamides is 1. The number of nitrogens with zero attached hydrogens (tertiary/aromatic N) is 5. The van der Waals surface area contributed by atoms with Gasteiger partial charge in [0.05, 0.1) is 21.2 Å². The third-order valence-electron chi connectivity index (χ3n) is 4.29. The molecule has 8 nitrogen and oxygen atoms in total. The van der Waals surface area contributed by atoms with Crippen molar-refractivity contribution in [3.63, 3.8) is 0 Å². The van der Waals surface area contributed by atoms with Gasteiger partial charge in [-0.05, 0) is 25.1 Å². The molecule has 0 amide bonds. The van der Waals surface area contributed by atoms with Crippen LogP contribution < -0.4 is 5.73 Å². The smallest absolute Gasteiger partial charge is 0.239 e. The molecule has 0 radical (unpaired) electrons. The lowest BCUT2D eigenvalue weighted by Gasteiger charge is -2.33. The number of aliphatic imine (C=N–C) groups is 1. The Balaban J connectivity index is 1.85. The van der Waals surface area contributed by atoms with Gasteiger partial charge in [0.15, 0.2) is 0 Å². The van der Waals surface area contributed by atoms with Crippen LogP contribution in [0.4, 0.5) is 0 Å². The van der Waals surface area contributed by atoms with Crippen LogP contribution in [0.5, 0.6) is 0 Å². The van der Waals surface area contributed by atoms with Crippen LogP contribution in [-0.4, -0.2) is 46.5 Å². The van der Waals surface area contributed by atoms with Crippen molar-refractivity contribution in [2.45, 2.75) is 12.5 Å². The van der Waals surface area contributed by atoms with Crippen molar-refractivity contribution < 1.29 is 8.42 Å². The van der Waals surface area contributed by atoms with E-state index in [0.717, 1.165) is 20.3 Å². The Labute approximate surface area is 158 Å². The molecule has 1 aliphatic rings. The number of thiophene rings is 1. The molecule has 4 rings (SSSR count). The topological polar surface area (TPSA) is 106 Å². The van der Waals surface area contributed by atoms with E-state index in [2.05, 4.69) is 15.3 Å². The summed E-state index contributed by atoms with van der Waals surface area (Å²) in [5, 5.41) is 9.46. The van der Waals surface area contributed by atoms with Crippen molar-refractivity contribution in [3.8, 4) is 5.00 Å². The summed E-state index contributed by atoms with van der Waals surface area (Å²) in [5.74, 6) is -0.273. The summed E-state index contributed by atoms with van der Waals surface area (Å²) in [6, 6.07) is 9.29. The molecule has 0 saturated heterocycles. The third kappa shape index (κ3) is 2.56. The van der Waals surface area contributed by atoms with Crippen molar-refractivity contribution >= 4 is 50.0 Å². The second-order valence-corrected chi connectivity index (χ2v) is 9.66. The van der Waals surface area contributed by atoms with Crippen LogP contribution in [0.3, 0.4) is 0 Å². The van der Waals surface area contributed by atoms with Crippen LogP contribution in [0.1, 0.15) is 11.8 Å². The van der Waals surface area contributed by atoms with Gasteiger partial charge in [0.2, 0.25) is 16.0 Å². The molecule has 26 heavy (non-hydrogen) atoms. The van der Waals surface area contributed by atoms with Crippen LogP contribution in [0, 0.1) is 0 Å². The first kappa shape index (κ1) is 17.3. The summed E-state index contributed by atoms with van der Waals surface area (Å²) in [7, 11) is -2.19. The average Bonchev–Trinajstić information content (AvgIpc) is 3.16. The van der Waals surface area contributed by atoms with Crippen molar-refractivity contribution in [1.82, 2.24) is 19.3 Å². The number of aromatic nitrogens is 3. The minimum Gasteiger partial charge on any atom is -0.369 e. The van der Waals surface area contributed by atoms with Gasteiger partial charge in [0, 0.05) is 7.05 Å². The molecular formula is C15H15ClN6O2S2. The lowest BCUT2D eigenvalue weighted by Crippen LogP contribution is -2.50. The Hall–Kier alpha value is -2.17. The van der Waals surface area contributed by atoms with E-state index < -0.39 is 15.6 Å². The van der Waals surface area contributed by atoms with Crippen LogP contribution >= 0.6 is 22.9 Å². The minimum atomic E-state index is -3.57. The summed E-state index contributed by atoms with van der Waals surface area (Å²) >= 11 is 7.77. The highest BCUT2D eigenvalue weighted by molar-refractivity contribution is 7.89. The summed E-state index contributed by atoms with van der Waals surface area (Å²) in [6.07, 6.45) is 0. The molecule has 11 heteroatoms. The fourth-order valence-electron chi connectivity index (χ4n) is 2.93. The van der Waals surface area contributed by atoms with Gasteiger partial charge < -0.3 is 5.73 Å². The van der Waals surface area contributed by atoms with E-state index in [-0.39, 0.29) is 11.7 Å². The van der Waals surface area contributed by atoms with Gasteiger partial charge in [-0.3, -0.25) is 0 Å². The Bertz CT molecular complexity index is 1150. The molecule has 1 atom stereocenters. The average molecular weight is 411 g/mol. The molecule has 1 aromatic carbocycles. The molecule has 0 bridgehead atoms. The quantitative estimate of drug-likeness (QED) is 0.694. The Morgan fingerprint density at radius 3 is 2.81 bits per heavy atom. The monoisotopic (exact) mass is 410 g/mol. The Morgan fingerprint density at radius 2 is 2.08 bits per heavy atom. The van der Waals surface area contributed by atoms with E-state index in [1.54, 1.807) is 17.7 Å². The standard InChI is InChI=1S/C15H15ClN6O2S2/c1-15(8-26(23,24)21(2)14(17)18-15)13-9(16)7-12(25-13)22-11-6-4-3-5-10(11)19-20-22/h3-7H,8H2,1-2H3,(H2,17,18)/t15-/m0/s1. The van der Waals surface area contributed by atoms with Gasteiger partial charge in [0.1, 0.15) is 16.1 Å². The van der Waals surface area contributed by atoms with Gasteiger partial charge in [0.25, 0.3) is 0 Å². The number of para-hydroxylation sites is 1. The van der Waals surface area contributed by atoms with E-state index in [1.807, 2.05) is 24.3 Å². The van der Waals surface area contributed by atoms with Crippen molar-refractivity contribution in [2.75, 3.05) is 12.8 Å². The zero-order chi connectivity index (χ0) is 18.7. The highest BCUT2D eigenvalue weighted by Gasteiger charge is 2.42. The highest BCUT2D eigenvalue weighted by atomic mass is 35.5. The summed E-state index contributed by atoms with van der Waals surface area (Å²) < 4.78 is 27.5. The first-order valence-corrected chi connectivity index (χ1v) is 10.4. The molecule has 2 aromatic heterocycles. The van der Waals surface area contributed by atoms with Crippen LogP contribution in [0.15, 0.2) is 35.3 Å². The van der Waals surface area contributed by atoms with Gasteiger partial charge in [-0.1, -0.05) is 28.9 Å². The molecule has 0 saturated carbocycles. The molecule has 3 aromatic rings. The summed E-state index contributed by atoms with van der Waals surface area (Å²) in [5.41, 5.74) is 6.35. The second-order valence-electron chi connectivity index (χ2n) is 6.22. The largest absolute Gasteiger partial charge is 0.369 e. The Morgan fingerprint density at radius 1 is 1.35 bits per heavy atom. The zero-order valence-corrected chi connectivity index (χ0v) is 16.3. The van der Waals surface area contributed by atoms with E-state index in [9.17, 15) is 8.42 Å². The number of rotatable bonds is 2. The molecular weight excluding hydrogens is 396 g/mol. The Kier molecular flexibility index (Phi) is 3.76. The molecule has 1 aliphatic heterocycles. The van der Waals surface area contributed by atoms with Crippen molar-refractivity contribution in [3.05, 3.63) is 40.2 Å². The summed E-state index contributed by atoms with van der Waals surface area (Å²) in [6.45, 7) is 1.71. The molecule has 136 valence electrons. The van der Waals surface area contributed by atoms with Crippen molar-refractivity contribution in [2.24, 2.45) is 10.7 Å². The number of hydrogen-bond acceptors (Lipinski definition) is 7. The normalized spacial score (nSPS) is 22.6. The predicted octanol–water partition coefficient (Wildman–Crippen LogP) is 1.94. The SMILES string of the molecule is CN1C(N)=N[C@](C)(c2sc(-n3nnc4ccccc43)cc2Cl)CS1(=O)=O. The maximum absolute atomic E-state index is 12.4. The van der Waals surface area contributed by atoms with E-state index in [4.69, 9.17) is 17.3 Å². The van der Waals surface area contributed by atoms with Gasteiger partial charge >= 0.3 is 0 Å². The minimum absolute atomic E-state index is 0.0593. The second kappa shape index (κ2) is 5.66. The first-order chi connectivity index (χ1) is 12.2. The fraction of sp³-hybridized carbons (Fsp3) is 0.267. The fourth-order valence-corrected chi connectivity index (χ4v) is 6.05. The molecule has 3 heterocycles. The van der Waals surface area contributed by atoms with Crippen LogP contribution in [0.25, 0.3) is 16.0 Å². The number of nitrogens with two attached hydrogens (primary N) is 1. The zero-order valence-electron chi connectivity index (χ0n) is 13.9. The number of guanidine groups is 1. The lowest BCUT2D eigenvalue weighted by atomic mass is 10.0. The van der Waals surface area contributed by atoms with Crippen LogP contribution in [-0.2, 0) is 15.6 Å². The number of hydrogen-bond donors (Lipinski definition) is 1. The molecule has 0 aliphatic carbocycles. The van der Waals surface area contributed by atoms with Gasteiger partial charge in [-0.15, -0.1) is 16.4 Å². The van der Waals surface area contributed by atoms with Crippen molar-refractivity contribution in [1.29, 1.82) is 0 Å². The first-order valence-electron chi connectivity index (χ1n) is 7.64. The van der Waals surface area contributed by atoms with Gasteiger partial charge in [-0.25, -0.2) is 22.4 Å². The van der Waals surface area contributed by atoms with Crippen LogP contribution in [0.2, 0.25) is 5.02 Å². The molecule has 2 N–H and O–H groups in total. The maximum atomic E-state index is 12.4. The molecule has 0 spiro atoms. The third-order valence-corrected chi connectivity index (χ3v) is 8.01.